The van der Waals surface area contributed by atoms with Crippen molar-refractivity contribution in [2.45, 2.75) is 164 Å². The molecule has 100 heavy (non-hydrogen) atoms. The summed E-state index contributed by atoms with van der Waals surface area (Å²) in [6.45, 7) is 8.69. The molecule has 0 saturated heterocycles. The SMILES string of the molecule is CC(C)C(C)c1ccnc(-c2[c-]nc3c(c2)oc2ccccc23)c1.Cc1ccc2c(n1)oc1cc(-c3cc(CC4CCCC4)ccn3)[c-]cc12.[CH3][Ge]([CH3])([CH3])[c]1cnc(-c2[c-]ccc3ccccc23)cc1CC1CCCC1.[CH3][Ge]([CH3])([CH3])[c]1cnc(-c2[c-]cccc2)cc1CC1CCCC1.[Ir].[Ir]. The van der Waals surface area contributed by atoms with Gasteiger partial charge >= 0.3 is 298 Å². The summed E-state index contributed by atoms with van der Waals surface area (Å²) in [4.78, 5) is 27.7. The first kappa shape index (κ1) is 74.4. The van der Waals surface area contributed by atoms with Crippen LogP contribution in [-0.2, 0) is 59.5 Å². The smallest absolute Gasteiger partial charge is 0 e. The molecule has 0 N–H and O–H groups in total. The number of hydrogen-bond acceptors (Lipinski definition) is 8. The normalized spacial score (nSPS) is 14.7. The number of aryl methyl sites for hydroxylation is 1. The third-order valence-electron chi connectivity index (χ3n) is 20.8. The standard InChI is InChI=1S/C24H28GeN.C23H21N2O.C21H19N2O.C20H26GeN.2Ir/c1-25(2,3)23-17-26-24(16-20(23)15-18-9-4-5-10-18)22-14-8-12-19-11-6-7-13-21(19)22;1-15-6-8-20-19-9-7-18(14-22(19)26-23(20)25-15)21-13-17(10-11-24-21)12-16-4-2-3-5-16;1-13(2)14(3)15-8-9-22-18(10-15)16-11-20-21(23-12-16)17-6-4-5-7-19(17)24-20;1-21(2,3)19-15-22-20(17-11-5-4-6-12-17)14-18(19)13-16-9-7-8-10-16;;/h6-8,11-13,16-18H,4-5,9-10,15H2,1-3H3;6,8-11,13-14,16H,2-5,12H2,1H3;4-11,13-14H,1-3H3;4-6,11,14-16H,7-10,13H2,1-3H3;;/q4*-1;;. The van der Waals surface area contributed by atoms with Gasteiger partial charge in [-0.3, -0.25) is 0 Å². The number of rotatable bonds is 14. The van der Waals surface area contributed by atoms with Crippen molar-refractivity contribution in [1.29, 1.82) is 0 Å². The molecule has 0 aliphatic heterocycles. The van der Waals surface area contributed by atoms with Crippen molar-refractivity contribution < 1.29 is 49.0 Å². The van der Waals surface area contributed by atoms with E-state index in [1.54, 1.807) is 19.9 Å². The van der Waals surface area contributed by atoms with Gasteiger partial charge in [-0.25, -0.2) is 4.98 Å². The molecule has 16 rings (SSSR count). The molecule has 12 heteroatoms. The summed E-state index contributed by atoms with van der Waals surface area (Å²) in [5.41, 5.74) is 18.9. The van der Waals surface area contributed by atoms with Crippen LogP contribution >= 0.6 is 0 Å². The van der Waals surface area contributed by atoms with Crippen molar-refractivity contribution >= 4 is 90.2 Å². The molecular formula is C88H94Ge2Ir2N6O2-4. The van der Waals surface area contributed by atoms with E-state index in [0.29, 0.717) is 17.5 Å². The summed E-state index contributed by atoms with van der Waals surface area (Å²) in [6, 6.07) is 62.4. The molecular weight excluding hydrogens is 1700 g/mol. The van der Waals surface area contributed by atoms with Crippen LogP contribution < -0.4 is 8.79 Å². The largest absolute Gasteiger partial charge is 0 e. The number of pyridine rings is 6. The number of para-hydroxylation sites is 1. The van der Waals surface area contributed by atoms with E-state index in [4.69, 9.17) is 18.8 Å². The van der Waals surface area contributed by atoms with Gasteiger partial charge in [0, 0.05) is 74.6 Å². The van der Waals surface area contributed by atoms with Gasteiger partial charge in [-0.1, -0.05) is 111 Å². The second-order valence-electron chi connectivity index (χ2n) is 30.4. The van der Waals surface area contributed by atoms with Gasteiger partial charge < -0.3 is 23.8 Å². The Morgan fingerprint density at radius 2 is 1.07 bits per heavy atom. The molecule has 2 radical (unpaired) electrons. The fourth-order valence-corrected chi connectivity index (χ4v) is 21.7. The number of nitrogens with zero attached hydrogens (tertiary/aromatic N) is 6. The number of hydrogen-bond donors (Lipinski definition) is 0. The van der Waals surface area contributed by atoms with Gasteiger partial charge in [-0.05, 0) is 72.9 Å². The van der Waals surface area contributed by atoms with Crippen LogP contribution in [0.1, 0.15) is 132 Å². The van der Waals surface area contributed by atoms with E-state index >= 15 is 0 Å². The Labute approximate surface area is 625 Å². The van der Waals surface area contributed by atoms with E-state index in [1.807, 2.05) is 86.0 Å². The van der Waals surface area contributed by atoms with E-state index in [2.05, 4.69) is 197 Å². The second kappa shape index (κ2) is 33.6. The minimum Gasteiger partial charge on any atom is 0 e. The van der Waals surface area contributed by atoms with Gasteiger partial charge in [0.1, 0.15) is 5.58 Å². The average molecular weight is 1800 g/mol. The van der Waals surface area contributed by atoms with Crippen molar-refractivity contribution in [2.24, 2.45) is 23.7 Å². The first-order chi connectivity index (χ1) is 47.4. The molecule has 8 aromatic heterocycles. The third kappa shape index (κ3) is 18.0. The van der Waals surface area contributed by atoms with E-state index in [9.17, 15) is 0 Å². The molecule has 0 amide bonds. The van der Waals surface area contributed by atoms with Gasteiger partial charge in [-0.2, -0.15) is 0 Å². The van der Waals surface area contributed by atoms with Crippen LogP contribution in [0.3, 0.4) is 0 Å². The monoisotopic (exact) mass is 1800 g/mol. The van der Waals surface area contributed by atoms with Gasteiger partial charge in [0.25, 0.3) is 0 Å². The zero-order chi connectivity index (χ0) is 67.9. The summed E-state index contributed by atoms with van der Waals surface area (Å²) in [7, 11) is 0. The molecule has 0 bridgehead atoms. The second-order valence-corrected chi connectivity index (χ2v) is 51.6. The average Bonchev–Trinajstić information content (AvgIpc) is 1.77. The van der Waals surface area contributed by atoms with Crippen LogP contribution in [0.25, 0.3) is 99.9 Å². The summed E-state index contributed by atoms with van der Waals surface area (Å²) in [5, 5.41) is 5.62. The van der Waals surface area contributed by atoms with Crippen LogP contribution in [0, 0.1) is 55.0 Å². The first-order valence-electron chi connectivity index (χ1n) is 36.1. The van der Waals surface area contributed by atoms with Crippen LogP contribution in [0.5, 0.6) is 0 Å². The molecule has 1 atom stereocenters. The minimum absolute atomic E-state index is 0. The molecule has 1 unspecified atom stereocenters. The summed E-state index contributed by atoms with van der Waals surface area (Å²) < 4.78 is 15.1. The molecule has 518 valence electrons. The predicted octanol–water partition coefficient (Wildman–Crippen LogP) is 22.3. The first-order valence-corrected chi connectivity index (χ1v) is 50.8. The number of benzene rings is 5. The van der Waals surface area contributed by atoms with Crippen LogP contribution in [0.2, 0.25) is 34.5 Å². The van der Waals surface area contributed by atoms with Gasteiger partial charge in [-0.15, -0.1) is 23.3 Å². The van der Waals surface area contributed by atoms with Crippen LogP contribution in [0.4, 0.5) is 0 Å². The number of fused-ring (bicyclic) bond motifs is 7. The molecule has 8 heterocycles. The van der Waals surface area contributed by atoms with E-state index < -0.39 is 26.5 Å². The van der Waals surface area contributed by atoms with Gasteiger partial charge in [0.2, 0.25) is 5.71 Å². The van der Waals surface area contributed by atoms with Crippen molar-refractivity contribution in [1.82, 2.24) is 29.9 Å². The van der Waals surface area contributed by atoms with Crippen molar-refractivity contribution in [3.63, 3.8) is 0 Å². The van der Waals surface area contributed by atoms with Crippen molar-refractivity contribution in [3.05, 3.63) is 229 Å². The van der Waals surface area contributed by atoms with Crippen molar-refractivity contribution in [2.75, 3.05) is 0 Å². The Morgan fingerprint density at radius 1 is 0.480 bits per heavy atom. The summed E-state index contributed by atoms with van der Waals surface area (Å²) in [5.74, 6) is 18.5. The Balaban J connectivity index is 0.000000134. The maximum Gasteiger partial charge on any atom is 0 e. The summed E-state index contributed by atoms with van der Waals surface area (Å²) >= 11 is -3.81. The predicted molar refractivity (Wildman–Crippen MR) is 413 cm³/mol. The topological polar surface area (TPSA) is 104 Å². The fraction of sp³-hybridized carbons (Fsp3) is 0.341. The molecule has 3 aliphatic carbocycles. The van der Waals surface area contributed by atoms with E-state index in [1.165, 1.54) is 112 Å². The number of furan rings is 2. The Bertz CT molecular complexity index is 4880. The number of aromatic nitrogens is 6. The molecule has 3 aliphatic rings. The quantitative estimate of drug-likeness (QED) is 0.0783. The zero-order valence-electron chi connectivity index (χ0n) is 59.9. The van der Waals surface area contributed by atoms with Gasteiger partial charge in [0.05, 0.1) is 11.2 Å². The Kier molecular flexibility index (Phi) is 25.0. The van der Waals surface area contributed by atoms with Gasteiger partial charge in [0.15, 0.2) is 0 Å². The Hall–Kier alpha value is -6.76. The molecule has 13 aromatic rings. The molecule has 0 spiro atoms. The van der Waals surface area contributed by atoms with Crippen LogP contribution in [0.15, 0.2) is 185 Å². The molecule has 5 aromatic carbocycles. The van der Waals surface area contributed by atoms with Crippen molar-refractivity contribution in [3.8, 4) is 45.0 Å². The summed E-state index contributed by atoms with van der Waals surface area (Å²) in [6.07, 6.45) is 31.7. The molecule has 3 fully saturated rings. The Morgan fingerprint density at radius 3 is 1.73 bits per heavy atom. The minimum atomic E-state index is -1.93. The zero-order valence-corrected chi connectivity index (χ0v) is 68.9. The molecule has 8 nitrogen and oxygen atoms in total. The maximum atomic E-state index is 5.97. The molecule has 3 saturated carbocycles. The third-order valence-corrected chi connectivity index (χ3v) is 29.4. The maximum absolute atomic E-state index is 5.97. The fourth-order valence-electron chi connectivity index (χ4n) is 15.0. The van der Waals surface area contributed by atoms with E-state index in [0.717, 1.165) is 113 Å². The van der Waals surface area contributed by atoms with E-state index in [-0.39, 0.29) is 40.2 Å². The van der Waals surface area contributed by atoms with Crippen LogP contribution in [-0.4, -0.2) is 56.4 Å².